The van der Waals surface area contributed by atoms with Crippen molar-refractivity contribution >= 4 is 12.2 Å². The van der Waals surface area contributed by atoms with E-state index < -0.39 is 0 Å². The van der Waals surface area contributed by atoms with Gasteiger partial charge in [-0.3, -0.25) is 0 Å². The second kappa shape index (κ2) is 3.97. The number of aryl methyl sites for hydroxylation is 1. The van der Waals surface area contributed by atoms with E-state index in [2.05, 4.69) is 12.1 Å². The van der Waals surface area contributed by atoms with E-state index in [0.29, 0.717) is 0 Å². The van der Waals surface area contributed by atoms with Gasteiger partial charge in [0.1, 0.15) is 11.5 Å². The zero-order valence-electron chi connectivity index (χ0n) is 8.10. The van der Waals surface area contributed by atoms with E-state index in [1.807, 2.05) is 49.4 Å². The van der Waals surface area contributed by atoms with E-state index >= 15 is 0 Å². The molecular weight excluding hydrogens is 172 g/mol. The Hall–Kier alpha value is -1.76. The Labute approximate surface area is 83.7 Å². The van der Waals surface area contributed by atoms with Crippen molar-refractivity contribution < 1.29 is 4.42 Å². The minimum atomic E-state index is 0.895. The SMILES string of the molecule is Cc1ccc(/C=C/c2ccccc2)o1. The summed E-state index contributed by atoms with van der Waals surface area (Å²) in [6.07, 6.45) is 4.01. The van der Waals surface area contributed by atoms with Crippen molar-refractivity contribution in [3.05, 3.63) is 59.5 Å². The van der Waals surface area contributed by atoms with Crippen molar-refractivity contribution in [1.29, 1.82) is 0 Å². The Morgan fingerprint density at radius 2 is 1.71 bits per heavy atom. The molecule has 0 aliphatic rings. The average Bonchev–Trinajstić information content (AvgIpc) is 2.63. The fourth-order valence-corrected chi connectivity index (χ4v) is 1.29. The zero-order valence-corrected chi connectivity index (χ0v) is 8.10. The number of rotatable bonds is 2. The first-order chi connectivity index (χ1) is 6.84. The Balaban J connectivity index is 2.15. The van der Waals surface area contributed by atoms with Crippen LogP contribution in [-0.4, -0.2) is 0 Å². The molecule has 2 rings (SSSR count). The molecule has 0 saturated heterocycles. The van der Waals surface area contributed by atoms with Crippen LogP contribution < -0.4 is 0 Å². The van der Waals surface area contributed by atoms with Gasteiger partial charge in [0.15, 0.2) is 0 Å². The fourth-order valence-electron chi connectivity index (χ4n) is 1.29. The molecule has 0 aliphatic carbocycles. The van der Waals surface area contributed by atoms with Crippen LogP contribution in [-0.2, 0) is 0 Å². The van der Waals surface area contributed by atoms with Gasteiger partial charge >= 0.3 is 0 Å². The van der Waals surface area contributed by atoms with Crippen molar-refractivity contribution in [3.63, 3.8) is 0 Å². The highest BCUT2D eigenvalue weighted by molar-refractivity contribution is 5.67. The monoisotopic (exact) mass is 184 g/mol. The molecule has 0 spiro atoms. The van der Waals surface area contributed by atoms with Crippen LogP contribution in [0.1, 0.15) is 17.1 Å². The topological polar surface area (TPSA) is 13.1 Å². The van der Waals surface area contributed by atoms with Gasteiger partial charge in [0.05, 0.1) is 0 Å². The first kappa shape index (κ1) is 8.82. The second-order valence-electron chi connectivity index (χ2n) is 3.19. The molecule has 14 heavy (non-hydrogen) atoms. The molecule has 0 aliphatic heterocycles. The minimum Gasteiger partial charge on any atom is -0.462 e. The highest BCUT2D eigenvalue weighted by Gasteiger charge is 1.91. The van der Waals surface area contributed by atoms with Gasteiger partial charge in [0, 0.05) is 0 Å². The molecule has 1 nitrogen and oxygen atoms in total. The molecule has 0 N–H and O–H groups in total. The minimum absolute atomic E-state index is 0.895. The third-order valence-corrected chi connectivity index (χ3v) is 2.00. The first-order valence-electron chi connectivity index (χ1n) is 4.64. The van der Waals surface area contributed by atoms with Gasteiger partial charge in [0.2, 0.25) is 0 Å². The predicted octanol–water partition coefficient (Wildman–Crippen LogP) is 3.76. The van der Waals surface area contributed by atoms with Crippen molar-refractivity contribution in [2.75, 3.05) is 0 Å². The molecule has 0 amide bonds. The third kappa shape index (κ3) is 2.13. The van der Waals surface area contributed by atoms with Crippen molar-refractivity contribution in [1.82, 2.24) is 0 Å². The average molecular weight is 184 g/mol. The van der Waals surface area contributed by atoms with Gasteiger partial charge in [0.25, 0.3) is 0 Å². The second-order valence-corrected chi connectivity index (χ2v) is 3.19. The predicted molar refractivity (Wildman–Crippen MR) is 58.8 cm³/mol. The lowest BCUT2D eigenvalue weighted by Gasteiger charge is -1.89. The number of furan rings is 1. The molecule has 0 atom stereocenters. The summed E-state index contributed by atoms with van der Waals surface area (Å²) < 4.78 is 5.42. The molecule has 1 aromatic carbocycles. The van der Waals surface area contributed by atoms with Crippen LogP contribution in [0.25, 0.3) is 12.2 Å². The zero-order chi connectivity index (χ0) is 9.80. The normalized spacial score (nSPS) is 10.9. The number of hydrogen-bond donors (Lipinski definition) is 0. The quantitative estimate of drug-likeness (QED) is 0.692. The third-order valence-electron chi connectivity index (χ3n) is 2.00. The van der Waals surface area contributed by atoms with Crippen LogP contribution in [0.5, 0.6) is 0 Å². The van der Waals surface area contributed by atoms with Crippen LogP contribution in [0.4, 0.5) is 0 Å². The van der Waals surface area contributed by atoms with E-state index in [1.54, 1.807) is 0 Å². The Bertz CT molecular complexity index is 424. The van der Waals surface area contributed by atoms with Crippen LogP contribution in [0.3, 0.4) is 0 Å². The Morgan fingerprint density at radius 3 is 2.36 bits per heavy atom. The summed E-state index contributed by atoms with van der Waals surface area (Å²) in [7, 11) is 0. The maximum absolute atomic E-state index is 5.42. The van der Waals surface area contributed by atoms with E-state index in [1.165, 1.54) is 5.56 Å². The largest absolute Gasteiger partial charge is 0.462 e. The molecule has 2 aromatic rings. The van der Waals surface area contributed by atoms with Crippen molar-refractivity contribution in [2.24, 2.45) is 0 Å². The summed E-state index contributed by atoms with van der Waals surface area (Å²) in [5.41, 5.74) is 1.18. The van der Waals surface area contributed by atoms with Crippen molar-refractivity contribution in [2.45, 2.75) is 6.92 Å². The van der Waals surface area contributed by atoms with Gasteiger partial charge < -0.3 is 4.42 Å². The van der Waals surface area contributed by atoms with Gasteiger partial charge in [-0.05, 0) is 30.7 Å². The summed E-state index contributed by atoms with van der Waals surface area (Å²) in [5, 5.41) is 0. The molecule has 70 valence electrons. The maximum Gasteiger partial charge on any atom is 0.127 e. The van der Waals surface area contributed by atoms with Gasteiger partial charge in [-0.2, -0.15) is 0 Å². The maximum atomic E-state index is 5.42. The molecule has 1 heteroatoms. The van der Waals surface area contributed by atoms with E-state index in [9.17, 15) is 0 Å². The van der Waals surface area contributed by atoms with Gasteiger partial charge in [-0.15, -0.1) is 0 Å². The lowest BCUT2D eigenvalue weighted by molar-refractivity contribution is 0.525. The van der Waals surface area contributed by atoms with E-state index in [0.717, 1.165) is 11.5 Å². The molecule has 0 fully saturated rings. The first-order valence-corrected chi connectivity index (χ1v) is 4.64. The van der Waals surface area contributed by atoms with Crippen LogP contribution >= 0.6 is 0 Å². The van der Waals surface area contributed by atoms with Crippen LogP contribution in [0.2, 0.25) is 0 Å². The lowest BCUT2D eigenvalue weighted by Crippen LogP contribution is -1.68. The number of hydrogen-bond acceptors (Lipinski definition) is 1. The standard InChI is InChI=1S/C13H12O/c1-11-7-9-13(14-11)10-8-12-5-3-2-4-6-12/h2-10H,1H3/b10-8+. The molecule has 0 bridgehead atoms. The molecule has 0 saturated carbocycles. The molecule has 0 unspecified atom stereocenters. The highest BCUT2D eigenvalue weighted by Crippen LogP contribution is 2.10. The summed E-state index contributed by atoms with van der Waals surface area (Å²) in [5.74, 6) is 1.84. The Kier molecular flexibility index (Phi) is 2.50. The summed E-state index contributed by atoms with van der Waals surface area (Å²) >= 11 is 0. The highest BCUT2D eigenvalue weighted by atomic mass is 16.3. The van der Waals surface area contributed by atoms with Gasteiger partial charge in [-0.25, -0.2) is 0 Å². The summed E-state index contributed by atoms with van der Waals surface area (Å²) in [4.78, 5) is 0. The van der Waals surface area contributed by atoms with Crippen LogP contribution in [0.15, 0.2) is 46.9 Å². The summed E-state index contributed by atoms with van der Waals surface area (Å²) in [6.45, 7) is 1.94. The smallest absolute Gasteiger partial charge is 0.127 e. The van der Waals surface area contributed by atoms with E-state index in [4.69, 9.17) is 4.42 Å². The Morgan fingerprint density at radius 1 is 0.929 bits per heavy atom. The van der Waals surface area contributed by atoms with E-state index in [-0.39, 0.29) is 0 Å². The summed E-state index contributed by atoms with van der Waals surface area (Å²) in [6, 6.07) is 14.1. The molecular formula is C13H12O. The van der Waals surface area contributed by atoms with Crippen LogP contribution in [0, 0.1) is 6.92 Å². The number of benzene rings is 1. The fraction of sp³-hybridized carbons (Fsp3) is 0.0769. The molecule has 1 heterocycles. The van der Waals surface area contributed by atoms with Gasteiger partial charge in [-0.1, -0.05) is 36.4 Å². The lowest BCUT2D eigenvalue weighted by atomic mass is 10.2. The van der Waals surface area contributed by atoms with Crippen molar-refractivity contribution in [3.8, 4) is 0 Å². The molecule has 0 radical (unpaired) electrons. The molecule has 1 aromatic heterocycles.